The molecule has 0 bridgehead atoms. The fourth-order valence-electron chi connectivity index (χ4n) is 4.30. The van der Waals surface area contributed by atoms with Crippen LogP contribution in [0.15, 0.2) is 58.2 Å². The highest BCUT2D eigenvalue weighted by molar-refractivity contribution is 9.10. The van der Waals surface area contributed by atoms with Crippen LogP contribution in [0.25, 0.3) is 16.8 Å². The summed E-state index contributed by atoms with van der Waals surface area (Å²) in [5.41, 5.74) is 6.68. The topological polar surface area (TPSA) is 107 Å². The van der Waals surface area contributed by atoms with Crippen molar-refractivity contribution in [3.05, 3.63) is 70.8 Å². The van der Waals surface area contributed by atoms with E-state index in [0.717, 1.165) is 75.6 Å². The number of pyridine rings is 1. The van der Waals surface area contributed by atoms with E-state index in [-0.39, 0.29) is 6.61 Å². The zero-order valence-electron chi connectivity index (χ0n) is 21.1. The van der Waals surface area contributed by atoms with Gasteiger partial charge in [-0.05, 0) is 80.2 Å². The molecule has 4 aromatic rings. The molecule has 194 valence electrons. The number of halogens is 1. The second-order valence-electron chi connectivity index (χ2n) is 8.79. The predicted octanol–water partition coefficient (Wildman–Crippen LogP) is 6.02. The molecule has 0 aliphatic rings. The van der Waals surface area contributed by atoms with Gasteiger partial charge in [-0.15, -0.1) is 0 Å². The van der Waals surface area contributed by atoms with Gasteiger partial charge in [0.25, 0.3) is 0 Å². The number of aryl methyl sites for hydroxylation is 3. The smallest absolute Gasteiger partial charge is 0.329 e. The van der Waals surface area contributed by atoms with Crippen molar-refractivity contribution in [2.45, 2.75) is 40.0 Å². The van der Waals surface area contributed by atoms with Gasteiger partial charge in [0.1, 0.15) is 12.4 Å². The highest BCUT2D eigenvalue weighted by atomic mass is 79.9. The second-order valence-corrected chi connectivity index (χ2v) is 9.65. The number of benzene rings is 1. The van der Waals surface area contributed by atoms with E-state index >= 15 is 0 Å². The molecule has 3 heterocycles. The maximum atomic E-state index is 10.6. The van der Waals surface area contributed by atoms with E-state index in [1.165, 1.54) is 0 Å². The summed E-state index contributed by atoms with van der Waals surface area (Å²) in [6, 6.07) is 8.41. The van der Waals surface area contributed by atoms with E-state index in [9.17, 15) is 4.79 Å². The third kappa shape index (κ3) is 6.44. The Morgan fingerprint density at radius 1 is 1.16 bits per heavy atom. The minimum Gasteiger partial charge on any atom is -0.480 e. The average molecular weight is 568 g/mol. The van der Waals surface area contributed by atoms with E-state index in [2.05, 4.69) is 55.2 Å². The molecular weight excluding hydrogens is 538 g/mol. The molecule has 1 aromatic carbocycles. The van der Waals surface area contributed by atoms with E-state index in [0.29, 0.717) is 6.61 Å². The molecule has 0 saturated heterocycles. The molecule has 9 nitrogen and oxygen atoms in total. The van der Waals surface area contributed by atoms with Crippen LogP contribution in [0.2, 0.25) is 0 Å². The molecule has 0 aliphatic heterocycles. The first-order valence-corrected chi connectivity index (χ1v) is 12.9. The normalized spacial score (nSPS) is 11.1. The predicted molar refractivity (Wildman–Crippen MR) is 145 cm³/mol. The number of carboxylic acid groups (broad SMARTS) is 1. The Bertz CT molecular complexity index is 1330. The van der Waals surface area contributed by atoms with Crippen molar-refractivity contribution in [1.29, 1.82) is 0 Å². The molecule has 4 rings (SSSR count). The monoisotopic (exact) mass is 567 g/mol. The first kappa shape index (κ1) is 26.6. The number of imidazole rings is 1. The molecule has 0 spiro atoms. The first-order chi connectivity index (χ1) is 17.8. The Labute approximate surface area is 224 Å². The number of hydrogen-bond donors (Lipinski definition) is 1. The number of carbonyl (C=O) groups is 1. The van der Waals surface area contributed by atoms with Crippen molar-refractivity contribution < 1.29 is 19.2 Å². The molecule has 0 aliphatic carbocycles. The van der Waals surface area contributed by atoms with Gasteiger partial charge in [0.15, 0.2) is 0 Å². The summed E-state index contributed by atoms with van der Waals surface area (Å²) in [7, 11) is 0. The van der Waals surface area contributed by atoms with Crippen LogP contribution < -0.4 is 4.90 Å². The number of carboxylic acids is 1. The molecular formula is C27H30BrN5O4. The molecule has 0 saturated carbocycles. The highest BCUT2D eigenvalue weighted by Crippen LogP contribution is 2.36. The Hall–Kier alpha value is -3.50. The maximum Gasteiger partial charge on any atom is 0.329 e. The molecule has 0 unspecified atom stereocenters. The Kier molecular flexibility index (Phi) is 8.73. The van der Waals surface area contributed by atoms with Crippen LogP contribution in [0.4, 0.5) is 11.4 Å². The lowest BCUT2D eigenvalue weighted by atomic mass is 10.0. The van der Waals surface area contributed by atoms with Crippen LogP contribution in [-0.2, 0) is 9.53 Å². The first-order valence-electron chi connectivity index (χ1n) is 12.1. The molecule has 3 aromatic heterocycles. The largest absolute Gasteiger partial charge is 0.480 e. The van der Waals surface area contributed by atoms with Crippen LogP contribution in [0.3, 0.4) is 0 Å². The van der Waals surface area contributed by atoms with Gasteiger partial charge < -0.3 is 23.8 Å². The summed E-state index contributed by atoms with van der Waals surface area (Å²) in [4.78, 5) is 21.8. The molecule has 0 radical (unpaired) electrons. The zero-order chi connectivity index (χ0) is 26.4. The van der Waals surface area contributed by atoms with Crippen molar-refractivity contribution in [3.8, 4) is 16.8 Å². The van der Waals surface area contributed by atoms with Gasteiger partial charge in [0, 0.05) is 53.0 Å². The number of anilines is 2. The van der Waals surface area contributed by atoms with Crippen LogP contribution in [-0.4, -0.2) is 50.5 Å². The summed E-state index contributed by atoms with van der Waals surface area (Å²) >= 11 is 3.74. The van der Waals surface area contributed by atoms with E-state index in [4.69, 9.17) is 19.4 Å². The minimum absolute atomic E-state index is 0.261. The lowest BCUT2D eigenvalue weighted by molar-refractivity contribution is -0.142. The van der Waals surface area contributed by atoms with Crippen LogP contribution in [0.1, 0.15) is 36.4 Å². The van der Waals surface area contributed by atoms with E-state index < -0.39 is 5.97 Å². The van der Waals surface area contributed by atoms with Crippen molar-refractivity contribution in [2.24, 2.45) is 0 Å². The lowest BCUT2D eigenvalue weighted by Crippen LogP contribution is -2.20. The minimum atomic E-state index is -0.947. The number of nitrogens with zero attached hydrogens (tertiary/aromatic N) is 5. The number of aromatic nitrogens is 4. The zero-order valence-corrected chi connectivity index (χ0v) is 22.7. The number of ether oxygens (including phenoxy) is 1. The van der Waals surface area contributed by atoms with Gasteiger partial charge >= 0.3 is 5.97 Å². The lowest BCUT2D eigenvalue weighted by Gasteiger charge is -2.27. The quantitative estimate of drug-likeness (QED) is 0.207. The number of aliphatic carboxylic acids is 1. The summed E-state index contributed by atoms with van der Waals surface area (Å²) < 4.78 is 13.5. The van der Waals surface area contributed by atoms with Gasteiger partial charge in [-0.3, -0.25) is 4.98 Å². The SMILES string of the molecule is Cc1ncc(-c2c(C)noc2C)cc1N(CCCCCOCC(=O)O)c1ccc(-n2ccnc2)c(Br)c1. The van der Waals surface area contributed by atoms with Crippen molar-refractivity contribution in [3.63, 3.8) is 0 Å². The van der Waals surface area contributed by atoms with Gasteiger partial charge in [-0.25, -0.2) is 9.78 Å². The average Bonchev–Trinajstić information content (AvgIpc) is 3.51. The number of hydrogen-bond acceptors (Lipinski definition) is 7. The standard InChI is InChI=1S/C27H30BrN5O4/c1-18-25(13-21(15-30-18)27-19(2)31-37-20(27)3)33(10-5-4-6-12-36-16-26(34)35)22-7-8-24(23(28)14-22)32-11-9-29-17-32/h7-9,11,13-15,17H,4-6,10,12,16H2,1-3H3,(H,34,35). The van der Waals surface area contributed by atoms with Crippen LogP contribution in [0, 0.1) is 20.8 Å². The van der Waals surface area contributed by atoms with E-state index in [1.54, 1.807) is 12.5 Å². The summed E-state index contributed by atoms with van der Waals surface area (Å²) in [6.07, 6.45) is 9.88. The van der Waals surface area contributed by atoms with Gasteiger partial charge in [0.2, 0.25) is 0 Å². The third-order valence-electron chi connectivity index (χ3n) is 6.09. The van der Waals surface area contributed by atoms with E-state index in [1.807, 2.05) is 37.7 Å². The second kappa shape index (κ2) is 12.2. The highest BCUT2D eigenvalue weighted by Gasteiger charge is 2.18. The molecule has 0 amide bonds. The van der Waals surface area contributed by atoms with Gasteiger partial charge in [0.05, 0.1) is 29.1 Å². The van der Waals surface area contributed by atoms with Crippen LogP contribution >= 0.6 is 15.9 Å². The van der Waals surface area contributed by atoms with Gasteiger partial charge in [-0.1, -0.05) is 5.16 Å². The summed E-state index contributed by atoms with van der Waals surface area (Å²) in [5.74, 6) is -0.188. The summed E-state index contributed by atoms with van der Waals surface area (Å²) in [6.45, 7) is 6.77. The number of rotatable bonds is 12. The molecule has 1 N–H and O–H groups in total. The Morgan fingerprint density at radius 2 is 2.00 bits per heavy atom. The number of unbranched alkanes of at least 4 members (excludes halogenated alkanes) is 2. The van der Waals surface area contributed by atoms with Crippen molar-refractivity contribution >= 4 is 33.3 Å². The molecule has 10 heteroatoms. The molecule has 0 atom stereocenters. The summed E-state index contributed by atoms with van der Waals surface area (Å²) in [5, 5.41) is 12.8. The maximum absolute atomic E-state index is 10.6. The molecule has 0 fully saturated rings. The van der Waals surface area contributed by atoms with Crippen molar-refractivity contribution in [2.75, 3.05) is 24.7 Å². The fraction of sp³-hybridized carbons (Fsp3) is 0.333. The molecule has 37 heavy (non-hydrogen) atoms. The Morgan fingerprint density at radius 3 is 2.68 bits per heavy atom. The Balaban J connectivity index is 1.62. The van der Waals surface area contributed by atoms with Crippen LogP contribution in [0.5, 0.6) is 0 Å². The fourth-order valence-corrected chi connectivity index (χ4v) is 4.87. The van der Waals surface area contributed by atoms with Crippen molar-refractivity contribution in [1.82, 2.24) is 19.7 Å². The third-order valence-corrected chi connectivity index (χ3v) is 6.73. The van der Waals surface area contributed by atoms with Gasteiger partial charge in [-0.2, -0.15) is 0 Å².